The molecule has 1 aromatic rings. The molecule has 0 saturated carbocycles. The quantitative estimate of drug-likeness (QED) is 0.719. The number of likely N-dealkylation sites (tertiary alicyclic amines) is 1. The molecule has 2 heterocycles. The third-order valence-electron chi connectivity index (χ3n) is 3.58. The van der Waals surface area contributed by atoms with Crippen LogP contribution in [0, 0.1) is 25.2 Å². The highest BCUT2D eigenvalue weighted by molar-refractivity contribution is 5.79. The maximum atomic E-state index is 11.9. The maximum absolute atomic E-state index is 11.9. The first kappa shape index (κ1) is 11.7. The fraction of sp³-hybridized carbons (Fsp3) is 0.538. The number of aryl methyl sites for hydroxylation is 1. The van der Waals surface area contributed by atoms with E-state index in [-0.39, 0.29) is 17.9 Å². The van der Waals surface area contributed by atoms with Gasteiger partial charge in [0, 0.05) is 37.2 Å². The number of terminal acetylenes is 1. The Morgan fingerprint density at radius 1 is 1.65 bits per heavy atom. The van der Waals surface area contributed by atoms with Gasteiger partial charge in [-0.15, -0.1) is 12.3 Å². The van der Waals surface area contributed by atoms with E-state index >= 15 is 0 Å². The van der Waals surface area contributed by atoms with Crippen LogP contribution in [0.2, 0.25) is 0 Å². The Morgan fingerprint density at radius 2 is 2.35 bits per heavy atom. The summed E-state index contributed by atoms with van der Waals surface area (Å²) in [6.45, 7) is 4.70. The molecule has 1 amide bonds. The lowest BCUT2D eigenvalue weighted by Crippen LogP contribution is -2.28. The van der Waals surface area contributed by atoms with Crippen molar-refractivity contribution in [3.8, 4) is 12.3 Å². The summed E-state index contributed by atoms with van der Waals surface area (Å²) in [6.07, 6.45) is 7.69. The molecule has 4 nitrogen and oxygen atoms in total. The predicted molar refractivity (Wildman–Crippen MR) is 65.0 cm³/mol. The second-order valence-corrected chi connectivity index (χ2v) is 4.60. The first-order valence-electron chi connectivity index (χ1n) is 5.78. The van der Waals surface area contributed by atoms with Crippen molar-refractivity contribution >= 4 is 5.91 Å². The first-order chi connectivity index (χ1) is 8.04. The van der Waals surface area contributed by atoms with E-state index in [0.717, 1.165) is 11.3 Å². The zero-order chi connectivity index (χ0) is 12.6. The average Bonchev–Trinajstić information content (AvgIpc) is 2.83. The smallest absolute Gasteiger partial charge is 0.224 e. The van der Waals surface area contributed by atoms with Crippen molar-refractivity contribution in [2.45, 2.75) is 26.3 Å². The SMILES string of the molecule is C#CC1CC(=O)N(C(C)c2cnn(C)c2C)C1. The summed E-state index contributed by atoms with van der Waals surface area (Å²) in [5.41, 5.74) is 2.19. The lowest BCUT2D eigenvalue weighted by molar-refractivity contribution is -0.129. The van der Waals surface area contributed by atoms with Crippen LogP contribution in [0.5, 0.6) is 0 Å². The largest absolute Gasteiger partial charge is 0.335 e. The van der Waals surface area contributed by atoms with E-state index in [4.69, 9.17) is 6.42 Å². The molecule has 0 bridgehead atoms. The lowest BCUT2D eigenvalue weighted by Gasteiger charge is -2.24. The molecule has 2 unspecified atom stereocenters. The van der Waals surface area contributed by atoms with Crippen LogP contribution in [0.3, 0.4) is 0 Å². The van der Waals surface area contributed by atoms with Gasteiger partial charge in [-0.05, 0) is 13.8 Å². The Morgan fingerprint density at radius 3 is 2.82 bits per heavy atom. The lowest BCUT2D eigenvalue weighted by atomic mass is 10.1. The van der Waals surface area contributed by atoms with Gasteiger partial charge in [0.1, 0.15) is 0 Å². The normalized spacial score (nSPS) is 21.6. The van der Waals surface area contributed by atoms with Gasteiger partial charge in [-0.2, -0.15) is 5.10 Å². The summed E-state index contributed by atoms with van der Waals surface area (Å²) < 4.78 is 1.82. The van der Waals surface area contributed by atoms with Gasteiger partial charge < -0.3 is 4.90 Å². The van der Waals surface area contributed by atoms with Gasteiger partial charge in [0.05, 0.1) is 12.2 Å². The third kappa shape index (κ3) is 1.93. The summed E-state index contributed by atoms with van der Waals surface area (Å²) in [7, 11) is 1.90. The van der Waals surface area contributed by atoms with Gasteiger partial charge in [-0.1, -0.05) is 0 Å². The van der Waals surface area contributed by atoms with Crippen molar-refractivity contribution in [2.75, 3.05) is 6.54 Å². The fourth-order valence-corrected chi connectivity index (χ4v) is 2.31. The summed E-state index contributed by atoms with van der Waals surface area (Å²) in [4.78, 5) is 13.7. The molecule has 4 heteroatoms. The Labute approximate surface area is 102 Å². The van der Waals surface area contributed by atoms with Crippen LogP contribution in [0.4, 0.5) is 0 Å². The molecule has 0 N–H and O–H groups in total. The molecule has 1 aromatic heterocycles. The van der Waals surface area contributed by atoms with E-state index in [2.05, 4.69) is 11.0 Å². The second-order valence-electron chi connectivity index (χ2n) is 4.60. The number of nitrogens with zero attached hydrogens (tertiary/aromatic N) is 3. The number of hydrogen-bond acceptors (Lipinski definition) is 2. The molecule has 1 fully saturated rings. The molecule has 0 aliphatic carbocycles. The maximum Gasteiger partial charge on any atom is 0.224 e. The van der Waals surface area contributed by atoms with Gasteiger partial charge in [0.2, 0.25) is 5.91 Å². The minimum atomic E-state index is 0.0505. The number of rotatable bonds is 2. The van der Waals surface area contributed by atoms with Gasteiger partial charge >= 0.3 is 0 Å². The molecule has 0 radical (unpaired) electrons. The summed E-state index contributed by atoms with van der Waals surface area (Å²) in [5, 5.41) is 4.21. The molecule has 2 atom stereocenters. The van der Waals surface area contributed by atoms with Gasteiger partial charge in [-0.3, -0.25) is 9.48 Å². The van der Waals surface area contributed by atoms with Crippen molar-refractivity contribution in [1.82, 2.24) is 14.7 Å². The minimum absolute atomic E-state index is 0.0505. The first-order valence-corrected chi connectivity index (χ1v) is 5.78. The van der Waals surface area contributed by atoms with E-state index in [9.17, 15) is 4.79 Å². The summed E-state index contributed by atoms with van der Waals surface area (Å²) in [6, 6.07) is 0.0505. The van der Waals surface area contributed by atoms with Crippen LogP contribution in [0.1, 0.15) is 30.6 Å². The van der Waals surface area contributed by atoms with E-state index in [1.54, 1.807) is 0 Å². The molecule has 0 aromatic carbocycles. The molecule has 1 aliphatic heterocycles. The highest BCUT2D eigenvalue weighted by atomic mass is 16.2. The molecule has 0 spiro atoms. The number of carbonyl (C=O) groups is 1. The number of hydrogen-bond donors (Lipinski definition) is 0. The average molecular weight is 231 g/mol. The fourth-order valence-electron chi connectivity index (χ4n) is 2.31. The number of carbonyl (C=O) groups excluding carboxylic acids is 1. The van der Waals surface area contributed by atoms with Gasteiger partial charge in [0.15, 0.2) is 0 Å². The van der Waals surface area contributed by atoms with Crippen molar-refractivity contribution in [2.24, 2.45) is 13.0 Å². The highest BCUT2D eigenvalue weighted by Crippen LogP contribution is 2.29. The minimum Gasteiger partial charge on any atom is -0.335 e. The highest BCUT2D eigenvalue weighted by Gasteiger charge is 2.33. The van der Waals surface area contributed by atoms with Crippen LogP contribution in [-0.2, 0) is 11.8 Å². The molecule has 1 saturated heterocycles. The summed E-state index contributed by atoms with van der Waals surface area (Å²) >= 11 is 0. The number of aromatic nitrogens is 2. The second kappa shape index (κ2) is 4.25. The van der Waals surface area contributed by atoms with E-state index in [0.29, 0.717) is 13.0 Å². The van der Waals surface area contributed by atoms with Gasteiger partial charge in [0.25, 0.3) is 0 Å². The summed E-state index contributed by atoms with van der Waals surface area (Å²) in [5.74, 6) is 2.87. The Balaban J connectivity index is 2.22. The van der Waals surface area contributed by atoms with Crippen molar-refractivity contribution in [1.29, 1.82) is 0 Å². The third-order valence-corrected chi connectivity index (χ3v) is 3.58. The van der Waals surface area contributed by atoms with Crippen LogP contribution >= 0.6 is 0 Å². The monoisotopic (exact) mass is 231 g/mol. The zero-order valence-electron chi connectivity index (χ0n) is 10.5. The van der Waals surface area contributed by atoms with E-state index in [1.807, 2.05) is 36.7 Å². The van der Waals surface area contributed by atoms with Crippen molar-refractivity contribution in [3.05, 3.63) is 17.5 Å². The van der Waals surface area contributed by atoms with Crippen molar-refractivity contribution < 1.29 is 4.79 Å². The Bertz CT molecular complexity index is 483. The molecular weight excluding hydrogens is 214 g/mol. The topological polar surface area (TPSA) is 38.1 Å². The van der Waals surface area contributed by atoms with E-state index in [1.165, 1.54) is 0 Å². The molecule has 90 valence electrons. The van der Waals surface area contributed by atoms with Crippen molar-refractivity contribution in [3.63, 3.8) is 0 Å². The van der Waals surface area contributed by atoms with Crippen LogP contribution < -0.4 is 0 Å². The molecule has 1 aliphatic rings. The van der Waals surface area contributed by atoms with Crippen LogP contribution in [0.25, 0.3) is 0 Å². The Hall–Kier alpha value is -1.76. The van der Waals surface area contributed by atoms with Gasteiger partial charge in [-0.25, -0.2) is 0 Å². The Kier molecular flexibility index (Phi) is 2.93. The van der Waals surface area contributed by atoms with Crippen LogP contribution in [0.15, 0.2) is 6.20 Å². The van der Waals surface area contributed by atoms with E-state index < -0.39 is 0 Å². The molecule has 2 rings (SSSR count). The number of amides is 1. The van der Waals surface area contributed by atoms with Crippen LogP contribution in [-0.4, -0.2) is 27.1 Å². The standard InChI is InChI=1S/C13H17N3O/c1-5-11-6-13(17)16(8-11)10(3)12-7-14-15(4)9(12)2/h1,7,10-11H,6,8H2,2-4H3. The zero-order valence-corrected chi connectivity index (χ0v) is 10.5. The molecule has 17 heavy (non-hydrogen) atoms. The predicted octanol–water partition coefficient (Wildman–Crippen LogP) is 1.27. The molecular formula is C13H17N3O.